The lowest BCUT2D eigenvalue weighted by Gasteiger charge is -2.27. The second-order valence-electron chi connectivity index (χ2n) is 6.85. The molecule has 0 aliphatic carbocycles. The Morgan fingerprint density at radius 3 is 2.52 bits per heavy atom. The van der Waals surface area contributed by atoms with Crippen molar-refractivity contribution in [2.75, 3.05) is 4.90 Å². The van der Waals surface area contributed by atoms with E-state index in [1.165, 1.54) is 5.56 Å². The lowest BCUT2D eigenvalue weighted by molar-refractivity contribution is -0.117. The number of hydrogen-bond donors (Lipinski definition) is 0. The van der Waals surface area contributed by atoms with Gasteiger partial charge in [-0.1, -0.05) is 31.5 Å². The monoisotopic (exact) mass is 338 g/mol. The second-order valence-corrected chi connectivity index (χ2v) is 6.85. The number of aryl methyl sites for hydroxylation is 3. The molecule has 0 unspecified atom stereocenters. The van der Waals surface area contributed by atoms with Gasteiger partial charge in [0.2, 0.25) is 11.8 Å². The SMILES string of the molecule is CCC(CC)N1C(=O)Cc2c1cc(C)nc2Oc1ccc(C)cc1C. The highest BCUT2D eigenvalue weighted by molar-refractivity contribution is 6.02. The summed E-state index contributed by atoms with van der Waals surface area (Å²) in [6.45, 7) is 10.3. The predicted molar refractivity (Wildman–Crippen MR) is 101 cm³/mol. The lowest BCUT2D eigenvalue weighted by atomic mass is 10.1. The fraction of sp³-hybridized carbons (Fsp3) is 0.429. The molecule has 0 saturated heterocycles. The molecule has 25 heavy (non-hydrogen) atoms. The van der Waals surface area contributed by atoms with Gasteiger partial charge >= 0.3 is 0 Å². The zero-order chi connectivity index (χ0) is 18.1. The molecule has 2 heterocycles. The normalized spacial score (nSPS) is 13.5. The minimum absolute atomic E-state index is 0.140. The number of amides is 1. The third-order valence-electron chi connectivity index (χ3n) is 4.89. The first kappa shape index (κ1) is 17.5. The summed E-state index contributed by atoms with van der Waals surface area (Å²) in [6, 6.07) is 8.32. The summed E-state index contributed by atoms with van der Waals surface area (Å²) in [4.78, 5) is 19.2. The number of carbonyl (C=O) groups excluding carboxylic acids is 1. The topological polar surface area (TPSA) is 42.4 Å². The van der Waals surface area contributed by atoms with Crippen LogP contribution in [-0.2, 0) is 11.2 Å². The molecule has 0 fully saturated rings. The first-order valence-corrected chi connectivity index (χ1v) is 9.02. The van der Waals surface area contributed by atoms with Crippen molar-refractivity contribution in [3.05, 3.63) is 46.6 Å². The maximum atomic E-state index is 12.7. The van der Waals surface area contributed by atoms with Crippen LogP contribution in [0.15, 0.2) is 24.3 Å². The van der Waals surface area contributed by atoms with Gasteiger partial charge in [0, 0.05) is 17.3 Å². The minimum atomic E-state index is 0.140. The fourth-order valence-corrected chi connectivity index (χ4v) is 3.56. The Morgan fingerprint density at radius 2 is 1.88 bits per heavy atom. The maximum absolute atomic E-state index is 12.7. The second kappa shape index (κ2) is 6.87. The van der Waals surface area contributed by atoms with Gasteiger partial charge in [-0.05, 0) is 51.3 Å². The number of pyridine rings is 1. The molecule has 132 valence electrons. The van der Waals surface area contributed by atoms with Crippen LogP contribution in [0.3, 0.4) is 0 Å². The molecule has 0 spiro atoms. The number of ether oxygens (including phenoxy) is 1. The summed E-state index contributed by atoms with van der Waals surface area (Å²) in [6.07, 6.45) is 2.24. The van der Waals surface area contributed by atoms with Gasteiger partial charge in [-0.15, -0.1) is 0 Å². The molecule has 0 saturated carbocycles. The van der Waals surface area contributed by atoms with Crippen LogP contribution in [0.25, 0.3) is 0 Å². The van der Waals surface area contributed by atoms with E-state index in [9.17, 15) is 4.79 Å². The van der Waals surface area contributed by atoms with E-state index >= 15 is 0 Å². The van der Waals surface area contributed by atoms with Gasteiger partial charge in [0.15, 0.2) is 0 Å². The fourth-order valence-electron chi connectivity index (χ4n) is 3.56. The van der Waals surface area contributed by atoms with Crippen molar-refractivity contribution >= 4 is 11.6 Å². The molecule has 4 heteroatoms. The molecule has 0 atom stereocenters. The first-order chi connectivity index (χ1) is 11.9. The number of anilines is 1. The van der Waals surface area contributed by atoms with Crippen molar-refractivity contribution < 1.29 is 9.53 Å². The third-order valence-corrected chi connectivity index (χ3v) is 4.89. The van der Waals surface area contributed by atoms with Crippen LogP contribution in [-0.4, -0.2) is 16.9 Å². The quantitative estimate of drug-likeness (QED) is 0.780. The molecule has 1 amide bonds. The molecule has 0 radical (unpaired) electrons. The van der Waals surface area contributed by atoms with E-state index in [-0.39, 0.29) is 11.9 Å². The van der Waals surface area contributed by atoms with E-state index in [4.69, 9.17) is 4.74 Å². The summed E-state index contributed by atoms with van der Waals surface area (Å²) in [5.74, 6) is 1.49. The summed E-state index contributed by atoms with van der Waals surface area (Å²) >= 11 is 0. The summed E-state index contributed by atoms with van der Waals surface area (Å²) in [7, 11) is 0. The smallest absolute Gasteiger partial charge is 0.231 e. The van der Waals surface area contributed by atoms with Crippen molar-refractivity contribution in [3.63, 3.8) is 0 Å². The highest BCUT2D eigenvalue weighted by Crippen LogP contribution is 2.39. The van der Waals surface area contributed by atoms with Crippen LogP contribution in [0, 0.1) is 20.8 Å². The van der Waals surface area contributed by atoms with Crippen LogP contribution >= 0.6 is 0 Å². The molecule has 1 aromatic carbocycles. The molecule has 1 aliphatic rings. The van der Waals surface area contributed by atoms with Gasteiger partial charge in [0.05, 0.1) is 12.1 Å². The molecule has 4 nitrogen and oxygen atoms in total. The van der Waals surface area contributed by atoms with Crippen LogP contribution < -0.4 is 9.64 Å². The molecule has 1 aromatic heterocycles. The maximum Gasteiger partial charge on any atom is 0.231 e. The minimum Gasteiger partial charge on any atom is -0.438 e. The van der Waals surface area contributed by atoms with E-state index in [1.54, 1.807) is 0 Å². The van der Waals surface area contributed by atoms with E-state index in [0.717, 1.165) is 41.1 Å². The molecule has 0 N–H and O–H groups in total. The molecular weight excluding hydrogens is 312 g/mol. The highest BCUT2D eigenvalue weighted by Gasteiger charge is 2.34. The number of nitrogens with zero attached hydrogens (tertiary/aromatic N) is 2. The van der Waals surface area contributed by atoms with Crippen molar-refractivity contribution in [2.24, 2.45) is 0 Å². The van der Waals surface area contributed by atoms with Crippen LogP contribution in [0.4, 0.5) is 5.69 Å². The van der Waals surface area contributed by atoms with Gasteiger partial charge in [0.25, 0.3) is 0 Å². The van der Waals surface area contributed by atoms with Crippen molar-refractivity contribution in [1.29, 1.82) is 0 Å². The first-order valence-electron chi connectivity index (χ1n) is 9.02. The number of benzene rings is 1. The Bertz CT molecular complexity index is 810. The van der Waals surface area contributed by atoms with Crippen molar-refractivity contribution in [1.82, 2.24) is 4.98 Å². The average molecular weight is 338 g/mol. The predicted octanol–water partition coefficient (Wildman–Crippen LogP) is 4.88. The Morgan fingerprint density at radius 1 is 1.16 bits per heavy atom. The Balaban J connectivity index is 2.03. The number of hydrogen-bond acceptors (Lipinski definition) is 3. The third kappa shape index (κ3) is 3.26. The van der Waals surface area contributed by atoms with Gasteiger partial charge in [-0.2, -0.15) is 0 Å². The van der Waals surface area contributed by atoms with Crippen LogP contribution in [0.5, 0.6) is 11.6 Å². The van der Waals surface area contributed by atoms with E-state index in [1.807, 2.05) is 36.9 Å². The van der Waals surface area contributed by atoms with Gasteiger partial charge in [0.1, 0.15) is 5.75 Å². The zero-order valence-corrected chi connectivity index (χ0v) is 15.7. The number of rotatable bonds is 5. The molecule has 2 aromatic rings. The molecule has 0 bridgehead atoms. The van der Waals surface area contributed by atoms with Crippen LogP contribution in [0.2, 0.25) is 0 Å². The summed E-state index contributed by atoms with van der Waals surface area (Å²) in [5, 5.41) is 0. The van der Waals surface area contributed by atoms with Gasteiger partial charge in [-0.25, -0.2) is 4.98 Å². The highest BCUT2D eigenvalue weighted by atomic mass is 16.5. The standard InChI is InChI=1S/C21H26N2O2/c1-6-16(7-2)23-18-11-15(5)22-21(17(18)12-20(23)24)25-19-9-8-13(3)10-14(19)4/h8-11,16H,6-7,12H2,1-5H3. The van der Waals surface area contributed by atoms with Crippen LogP contribution in [0.1, 0.15) is 49.1 Å². The molecular formula is C21H26N2O2. The number of carbonyl (C=O) groups is 1. The number of fused-ring (bicyclic) bond motifs is 1. The van der Waals surface area contributed by atoms with Crippen molar-refractivity contribution in [2.45, 2.75) is 59.9 Å². The van der Waals surface area contributed by atoms with E-state index in [0.29, 0.717) is 12.3 Å². The van der Waals surface area contributed by atoms with Gasteiger partial charge in [-0.3, -0.25) is 4.79 Å². The average Bonchev–Trinajstić information content (AvgIpc) is 2.88. The number of aromatic nitrogens is 1. The zero-order valence-electron chi connectivity index (χ0n) is 15.7. The largest absolute Gasteiger partial charge is 0.438 e. The van der Waals surface area contributed by atoms with Gasteiger partial charge < -0.3 is 9.64 Å². The van der Waals surface area contributed by atoms with E-state index < -0.39 is 0 Å². The lowest BCUT2D eigenvalue weighted by Crippen LogP contribution is -2.37. The Kier molecular flexibility index (Phi) is 4.80. The van der Waals surface area contributed by atoms with E-state index in [2.05, 4.69) is 31.8 Å². The Labute approximate surface area is 149 Å². The summed E-state index contributed by atoms with van der Waals surface area (Å²) in [5.41, 5.74) is 5.00. The molecule has 1 aliphatic heterocycles. The Hall–Kier alpha value is -2.36. The van der Waals surface area contributed by atoms with Crippen molar-refractivity contribution in [3.8, 4) is 11.6 Å². The summed E-state index contributed by atoms with van der Waals surface area (Å²) < 4.78 is 6.14. The molecule has 3 rings (SSSR count).